The van der Waals surface area contributed by atoms with Gasteiger partial charge in [0.2, 0.25) is 0 Å². The second kappa shape index (κ2) is 7.87. The Kier molecular flexibility index (Phi) is 6.14. The zero-order chi connectivity index (χ0) is 14.4. The summed E-state index contributed by atoms with van der Waals surface area (Å²) >= 11 is 6.03. The molecule has 1 aliphatic heterocycles. The highest BCUT2D eigenvalue weighted by Crippen LogP contribution is 2.23. The van der Waals surface area contributed by atoms with Gasteiger partial charge >= 0.3 is 0 Å². The van der Waals surface area contributed by atoms with E-state index >= 15 is 0 Å². The van der Waals surface area contributed by atoms with Gasteiger partial charge in [-0.1, -0.05) is 24.9 Å². The minimum Gasteiger partial charge on any atom is -0.508 e. The number of nitrogens with one attached hydrogen (secondary N) is 1. The molecule has 2 N–H and O–H groups in total. The number of phenols is 1. The highest BCUT2D eigenvalue weighted by atomic mass is 35.5. The lowest BCUT2D eigenvalue weighted by Gasteiger charge is -2.30. The van der Waals surface area contributed by atoms with E-state index in [1.54, 1.807) is 12.1 Å². The molecule has 1 aromatic rings. The van der Waals surface area contributed by atoms with E-state index in [-0.39, 0.29) is 0 Å². The first kappa shape index (κ1) is 15.6. The van der Waals surface area contributed by atoms with Crippen LogP contribution in [-0.4, -0.2) is 35.7 Å². The van der Waals surface area contributed by atoms with Gasteiger partial charge in [0.15, 0.2) is 0 Å². The Labute approximate surface area is 126 Å². The van der Waals surface area contributed by atoms with Crippen molar-refractivity contribution in [3.05, 3.63) is 28.8 Å². The van der Waals surface area contributed by atoms with Crippen molar-refractivity contribution in [1.29, 1.82) is 0 Å². The van der Waals surface area contributed by atoms with Gasteiger partial charge in [0.1, 0.15) is 5.75 Å². The zero-order valence-corrected chi connectivity index (χ0v) is 13.0. The van der Waals surface area contributed by atoms with Crippen LogP contribution < -0.4 is 5.32 Å². The molecule has 0 amide bonds. The molecule has 0 aliphatic carbocycles. The molecular weight excluding hydrogens is 272 g/mol. The van der Waals surface area contributed by atoms with Crippen LogP contribution in [0.4, 0.5) is 0 Å². The van der Waals surface area contributed by atoms with Crippen LogP contribution in [0.15, 0.2) is 18.2 Å². The standard InChI is InChI=1S/C16H25ClN2O/c1-2-9-19(12-15-5-3-4-8-18-15)11-13-10-14(17)6-7-16(13)20/h6-7,10,15,18,20H,2-5,8-9,11-12H2,1H3. The van der Waals surface area contributed by atoms with E-state index in [1.807, 2.05) is 6.07 Å². The number of hydrogen-bond acceptors (Lipinski definition) is 3. The van der Waals surface area contributed by atoms with Crippen molar-refractivity contribution in [2.75, 3.05) is 19.6 Å². The largest absolute Gasteiger partial charge is 0.508 e. The number of hydrogen-bond donors (Lipinski definition) is 2. The molecule has 1 heterocycles. The summed E-state index contributed by atoms with van der Waals surface area (Å²) in [7, 11) is 0. The van der Waals surface area contributed by atoms with Gasteiger partial charge in [-0.05, 0) is 50.6 Å². The maximum Gasteiger partial charge on any atom is 0.120 e. The third-order valence-corrected chi connectivity index (χ3v) is 4.10. The van der Waals surface area contributed by atoms with Crippen LogP contribution in [0.5, 0.6) is 5.75 Å². The third kappa shape index (κ3) is 4.65. The summed E-state index contributed by atoms with van der Waals surface area (Å²) in [5, 5.41) is 14.2. The predicted octanol–water partition coefficient (Wildman–Crippen LogP) is 3.40. The highest BCUT2D eigenvalue weighted by Gasteiger charge is 2.17. The Morgan fingerprint density at radius 2 is 2.25 bits per heavy atom. The fraction of sp³-hybridized carbons (Fsp3) is 0.625. The second-order valence-corrected chi connectivity index (χ2v) is 6.09. The van der Waals surface area contributed by atoms with Crippen LogP contribution in [0.1, 0.15) is 38.2 Å². The number of aromatic hydroxyl groups is 1. The van der Waals surface area contributed by atoms with Crippen molar-refractivity contribution in [1.82, 2.24) is 10.2 Å². The average Bonchev–Trinajstić information content (AvgIpc) is 2.44. The molecule has 0 saturated carbocycles. The Hall–Kier alpha value is -0.770. The monoisotopic (exact) mass is 296 g/mol. The molecule has 0 radical (unpaired) electrons. The molecule has 112 valence electrons. The van der Waals surface area contributed by atoms with E-state index in [1.165, 1.54) is 19.3 Å². The molecule has 1 aliphatic rings. The average molecular weight is 297 g/mol. The quantitative estimate of drug-likeness (QED) is 0.844. The zero-order valence-electron chi connectivity index (χ0n) is 12.2. The number of nitrogens with zero attached hydrogens (tertiary/aromatic N) is 1. The van der Waals surface area contributed by atoms with Crippen molar-refractivity contribution in [2.45, 2.75) is 45.2 Å². The Balaban J connectivity index is 1.98. The topological polar surface area (TPSA) is 35.5 Å². The summed E-state index contributed by atoms with van der Waals surface area (Å²) in [6.07, 6.45) is 4.98. The molecule has 20 heavy (non-hydrogen) atoms. The van der Waals surface area contributed by atoms with Gasteiger partial charge in [-0.3, -0.25) is 4.90 Å². The Morgan fingerprint density at radius 3 is 2.95 bits per heavy atom. The van der Waals surface area contributed by atoms with Gasteiger partial charge in [-0.15, -0.1) is 0 Å². The number of halogens is 1. The van der Waals surface area contributed by atoms with Crippen molar-refractivity contribution in [2.24, 2.45) is 0 Å². The fourth-order valence-corrected chi connectivity index (χ4v) is 3.06. The summed E-state index contributed by atoms with van der Waals surface area (Å²) in [5.74, 6) is 0.340. The number of phenolic OH excluding ortho intramolecular Hbond substituents is 1. The molecule has 1 saturated heterocycles. The van der Waals surface area contributed by atoms with E-state index in [2.05, 4.69) is 17.1 Å². The van der Waals surface area contributed by atoms with E-state index in [9.17, 15) is 5.11 Å². The Bertz CT molecular complexity index is 419. The first-order valence-electron chi connectivity index (χ1n) is 7.62. The molecule has 0 aromatic heterocycles. The van der Waals surface area contributed by atoms with Gasteiger partial charge in [0, 0.05) is 29.7 Å². The number of piperidine rings is 1. The second-order valence-electron chi connectivity index (χ2n) is 5.65. The van der Waals surface area contributed by atoms with Gasteiger partial charge in [-0.25, -0.2) is 0 Å². The van der Waals surface area contributed by atoms with Crippen LogP contribution in [0, 0.1) is 0 Å². The van der Waals surface area contributed by atoms with E-state index in [0.717, 1.165) is 38.2 Å². The number of rotatable bonds is 6. The van der Waals surface area contributed by atoms with Crippen LogP contribution in [-0.2, 0) is 6.54 Å². The maximum absolute atomic E-state index is 9.96. The molecule has 4 heteroatoms. The lowest BCUT2D eigenvalue weighted by Crippen LogP contribution is -2.43. The minimum atomic E-state index is 0.340. The maximum atomic E-state index is 9.96. The molecular formula is C16H25ClN2O. The normalized spacial score (nSPS) is 19.4. The fourth-order valence-electron chi connectivity index (χ4n) is 2.86. The van der Waals surface area contributed by atoms with Crippen molar-refractivity contribution in [3.63, 3.8) is 0 Å². The van der Waals surface area contributed by atoms with Crippen LogP contribution in [0.3, 0.4) is 0 Å². The van der Waals surface area contributed by atoms with Crippen molar-refractivity contribution < 1.29 is 5.11 Å². The molecule has 0 spiro atoms. The van der Waals surface area contributed by atoms with E-state index < -0.39 is 0 Å². The SMILES string of the molecule is CCCN(Cc1cc(Cl)ccc1O)CC1CCCCN1. The van der Waals surface area contributed by atoms with Gasteiger partial charge < -0.3 is 10.4 Å². The Morgan fingerprint density at radius 1 is 1.40 bits per heavy atom. The number of benzene rings is 1. The predicted molar refractivity (Wildman–Crippen MR) is 84.3 cm³/mol. The van der Waals surface area contributed by atoms with Gasteiger partial charge in [-0.2, -0.15) is 0 Å². The van der Waals surface area contributed by atoms with Crippen molar-refractivity contribution >= 4 is 11.6 Å². The molecule has 1 unspecified atom stereocenters. The molecule has 1 atom stereocenters. The summed E-state index contributed by atoms with van der Waals surface area (Å²) in [5.41, 5.74) is 0.918. The van der Waals surface area contributed by atoms with Gasteiger partial charge in [0.05, 0.1) is 0 Å². The summed E-state index contributed by atoms with van der Waals surface area (Å²) < 4.78 is 0. The summed E-state index contributed by atoms with van der Waals surface area (Å²) in [6.45, 7) is 6.18. The van der Waals surface area contributed by atoms with Gasteiger partial charge in [0.25, 0.3) is 0 Å². The molecule has 3 nitrogen and oxygen atoms in total. The lowest BCUT2D eigenvalue weighted by molar-refractivity contribution is 0.215. The van der Waals surface area contributed by atoms with E-state index in [4.69, 9.17) is 11.6 Å². The highest BCUT2D eigenvalue weighted by molar-refractivity contribution is 6.30. The lowest BCUT2D eigenvalue weighted by atomic mass is 10.0. The smallest absolute Gasteiger partial charge is 0.120 e. The summed E-state index contributed by atoms with van der Waals surface area (Å²) in [6, 6.07) is 5.86. The molecule has 1 fully saturated rings. The van der Waals surface area contributed by atoms with Crippen molar-refractivity contribution in [3.8, 4) is 5.75 Å². The minimum absolute atomic E-state index is 0.340. The summed E-state index contributed by atoms with van der Waals surface area (Å²) in [4.78, 5) is 2.41. The van der Waals surface area contributed by atoms with Crippen LogP contribution in [0.25, 0.3) is 0 Å². The van der Waals surface area contributed by atoms with E-state index in [0.29, 0.717) is 16.8 Å². The van der Waals surface area contributed by atoms with Crippen LogP contribution >= 0.6 is 11.6 Å². The first-order chi connectivity index (χ1) is 9.69. The first-order valence-corrected chi connectivity index (χ1v) is 8.00. The molecule has 1 aromatic carbocycles. The molecule has 0 bridgehead atoms. The molecule has 2 rings (SSSR count). The van der Waals surface area contributed by atoms with Crippen LogP contribution in [0.2, 0.25) is 5.02 Å². The third-order valence-electron chi connectivity index (χ3n) is 3.87.